The number of aromatic nitrogens is 1. The molecule has 0 saturated heterocycles. The molecule has 4 rings (SSSR count). The van der Waals surface area contributed by atoms with Crippen LogP contribution in [0.15, 0.2) is 53.1 Å². The highest BCUT2D eigenvalue weighted by molar-refractivity contribution is 5.92. The van der Waals surface area contributed by atoms with E-state index < -0.39 is 0 Å². The molecule has 7 heteroatoms. The maximum absolute atomic E-state index is 13.3. The van der Waals surface area contributed by atoms with Gasteiger partial charge in [-0.2, -0.15) is 0 Å². The highest BCUT2D eigenvalue weighted by Crippen LogP contribution is 2.25. The number of halogens is 1. The van der Waals surface area contributed by atoms with Crippen molar-refractivity contribution in [2.24, 2.45) is 5.73 Å². The molecule has 3 aromatic rings. The summed E-state index contributed by atoms with van der Waals surface area (Å²) in [4.78, 5) is 14.5. The lowest BCUT2D eigenvalue weighted by Crippen LogP contribution is -2.36. The first kappa shape index (κ1) is 19.1. The van der Waals surface area contributed by atoms with Crippen LogP contribution in [0.25, 0.3) is 0 Å². The van der Waals surface area contributed by atoms with Crippen LogP contribution in [0, 0.1) is 5.82 Å². The number of rotatable bonds is 6. The van der Waals surface area contributed by atoms with Crippen molar-refractivity contribution in [3.05, 3.63) is 82.5 Å². The molecule has 0 spiro atoms. The highest BCUT2D eigenvalue weighted by atomic mass is 19.1. The Morgan fingerprint density at radius 1 is 1.21 bits per heavy atom. The van der Waals surface area contributed by atoms with E-state index in [1.165, 1.54) is 12.1 Å². The molecular weight excluding hydrogens is 373 g/mol. The molecule has 2 aromatic carbocycles. The number of nitrogens with zero attached hydrogens (tertiary/aromatic N) is 2. The zero-order valence-corrected chi connectivity index (χ0v) is 15.9. The van der Waals surface area contributed by atoms with Crippen molar-refractivity contribution in [3.8, 4) is 5.75 Å². The lowest BCUT2D eigenvalue weighted by atomic mass is 9.99. The van der Waals surface area contributed by atoms with Gasteiger partial charge in [-0.3, -0.25) is 4.79 Å². The smallest absolute Gasteiger partial charge is 0.276 e. The number of hydrogen-bond acceptors (Lipinski definition) is 5. The third kappa shape index (κ3) is 4.46. The van der Waals surface area contributed by atoms with Crippen LogP contribution in [0.2, 0.25) is 0 Å². The average molecular weight is 395 g/mol. The van der Waals surface area contributed by atoms with E-state index in [-0.39, 0.29) is 11.7 Å². The molecule has 1 aliphatic heterocycles. The molecular formula is C22H22FN3O3. The summed E-state index contributed by atoms with van der Waals surface area (Å²) in [7, 11) is 0. The SMILES string of the molecule is NCCc1cc(C(=O)N2CCc3cc(OCc4cccc(F)c4)ccc3C2)no1. The molecule has 0 atom stereocenters. The summed E-state index contributed by atoms with van der Waals surface area (Å²) in [6, 6.07) is 13.9. The van der Waals surface area contributed by atoms with Crippen LogP contribution < -0.4 is 10.5 Å². The number of fused-ring (bicyclic) bond motifs is 1. The van der Waals surface area contributed by atoms with E-state index in [4.69, 9.17) is 15.0 Å². The number of carbonyl (C=O) groups is 1. The molecule has 0 fully saturated rings. The van der Waals surface area contributed by atoms with Crippen molar-refractivity contribution in [1.82, 2.24) is 10.1 Å². The van der Waals surface area contributed by atoms with Crippen LogP contribution in [-0.2, 0) is 26.0 Å². The largest absolute Gasteiger partial charge is 0.489 e. The van der Waals surface area contributed by atoms with E-state index >= 15 is 0 Å². The van der Waals surface area contributed by atoms with Crippen molar-refractivity contribution in [2.45, 2.75) is 26.0 Å². The molecule has 2 N–H and O–H groups in total. The number of nitrogens with two attached hydrogens (primary N) is 1. The second-order valence-corrected chi connectivity index (χ2v) is 7.04. The molecule has 0 saturated carbocycles. The molecule has 1 aliphatic rings. The van der Waals surface area contributed by atoms with Gasteiger partial charge >= 0.3 is 0 Å². The zero-order valence-electron chi connectivity index (χ0n) is 15.9. The summed E-state index contributed by atoms with van der Waals surface area (Å²) in [5, 5.41) is 3.87. The first-order chi connectivity index (χ1) is 14.1. The van der Waals surface area contributed by atoms with E-state index in [1.54, 1.807) is 17.0 Å². The predicted octanol–water partition coefficient (Wildman–Crippen LogP) is 3.09. The molecule has 0 radical (unpaired) electrons. The highest BCUT2D eigenvalue weighted by Gasteiger charge is 2.24. The molecule has 0 unspecified atom stereocenters. The maximum Gasteiger partial charge on any atom is 0.276 e. The molecule has 2 heterocycles. The molecule has 150 valence electrons. The van der Waals surface area contributed by atoms with Crippen LogP contribution in [0.1, 0.15) is 32.9 Å². The van der Waals surface area contributed by atoms with Gasteiger partial charge in [0.25, 0.3) is 5.91 Å². The topological polar surface area (TPSA) is 81.6 Å². The monoisotopic (exact) mass is 395 g/mol. The van der Waals surface area contributed by atoms with Crippen molar-refractivity contribution >= 4 is 5.91 Å². The summed E-state index contributed by atoms with van der Waals surface area (Å²) < 4.78 is 24.2. The van der Waals surface area contributed by atoms with Gasteiger partial charge in [0, 0.05) is 25.6 Å². The van der Waals surface area contributed by atoms with Gasteiger partial charge < -0.3 is 19.9 Å². The molecule has 29 heavy (non-hydrogen) atoms. The van der Waals surface area contributed by atoms with E-state index in [2.05, 4.69) is 5.16 Å². The number of benzene rings is 2. The molecule has 1 aromatic heterocycles. The summed E-state index contributed by atoms with van der Waals surface area (Å²) in [5.74, 6) is 0.932. The first-order valence-corrected chi connectivity index (χ1v) is 9.56. The van der Waals surface area contributed by atoms with Crippen molar-refractivity contribution in [3.63, 3.8) is 0 Å². The van der Waals surface area contributed by atoms with Gasteiger partial charge in [-0.25, -0.2) is 4.39 Å². The molecule has 6 nitrogen and oxygen atoms in total. The van der Waals surface area contributed by atoms with Gasteiger partial charge in [0.15, 0.2) is 5.69 Å². The van der Waals surface area contributed by atoms with Gasteiger partial charge in [-0.1, -0.05) is 23.4 Å². The second kappa shape index (κ2) is 8.45. The van der Waals surface area contributed by atoms with Gasteiger partial charge in [-0.05, 0) is 53.9 Å². The molecule has 0 aliphatic carbocycles. The lowest BCUT2D eigenvalue weighted by molar-refractivity contribution is 0.0724. The van der Waals surface area contributed by atoms with Gasteiger partial charge in [0.1, 0.15) is 23.9 Å². The fraction of sp³-hybridized carbons (Fsp3) is 0.273. The number of amides is 1. The molecule has 0 bridgehead atoms. The van der Waals surface area contributed by atoms with E-state index in [1.807, 2.05) is 24.3 Å². The molecule has 1 amide bonds. The summed E-state index contributed by atoms with van der Waals surface area (Å²) >= 11 is 0. The number of hydrogen-bond donors (Lipinski definition) is 1. The summed E-state index contributed by atoms with van der Waals surface area (Å²) in [6.45, 7) is 1.86. The fourth-order valence-electron chi connectivity index (χ4n) is 3.42. The maximum atomic E-state index is 13.3. The predicted molar refractivity (Wildman–Crippen MR) is 105 cm³/mol. The van der Waals surface area contributed by atoms with Crippen LogP contribution in [0.3, 0.4) is 0 Å². The Hall–Kier alpha value is -3.19. The van der Waals surface area contributed by atoms with E-state index in [0.717, 1.165) is 28.9 Å². The van der Waals surface area contributed by atoms with Crippen molar-refractivity contribution in [2.75, 3.05) is 13.1 Å². The average Bonchev–Trinajstić information content (AvgIpc) is 3.20. The van der Waals surface area contributed by atoms with Gasteiger partial charge in [0.2, 0.25) is 0 Å². The Morgan fingerprint density at radius 3 is 2.93 bits per heavy atom. The van der Waals surface area contributed by atoms with Crippen LogP contribution in [0.5, 0.6) is 5.75 Å². The summed E-state index contributed by atoms with van der Waals surface area (Å²) in [6.07, 6.45) is 1.28. The Balaban J connectivity index is 1.40. The van der Waals surface area contributed by atoms with Gasteiger partial charge in [-0.15, -0.1) is 0 Å². The minimum Gasteiger partial charge on any atom is -0.489 e. The normalized spacial score (nSPS) is 13.2. The Labute approximate surface area is 168 Å². The Morgan fingerprint density at radius 2 is 2.10 bits per heavy atom. The van der Waals surface area contributed by atoms with Crippen molar-refractivity contribution in [1.29, 1.82) is 0 Å². The van der Waals surface area contributed by atoms with Crippen LogP contribution in [-0.4, -0.2) is 29.1 Å². The van der Waals surface area contributed by atoms with Gasteiger partial charge in [0.05, 0.1) is 0 Å². The zero-order chi connectivity index (χ0) is 20.2. The number of ether oxygens (including phenoxy) is 1. The first-order valence-electron chi connectivity index (χ1n) is 9.56. The number of carbonyl (C=O) groups excluding carboxylic acids is 1. The second-order valence-electron chi connectivity index (χ2n) is 7.04. The van der Waals surface area contributed by atoms with Crippen LogP contribution in [0.4, 0.5) is 4.39 Å². The third-order valence-electron chi connectivity index (χ3n) is 4.94. The van der Waals surface area contributed by atoms with E-state index in [9.17, 15) is 9.18 Å². The van der Waals surface area contributed by atoms with Crippen LogP contribution >= 0.6 is 0 Å². The van der Waals surface area contributed by atoms with Crippen molar-refractivity contribution < 1.29 is 18.4 Å². The Kier molecular flexibility index (Phi) is 5.57. The summed E-state index contributed by atoms with van der Waals surface area (Å²) in [5.41, 5.74) is 8.82. The standard InChI is InChI=1S/C22H22FN3O3/c23-18-3-1-2-15(10-18)14-28-19-5-4-17-13-26(9-7-16(17)11-19)22(27)21-12-20(6-8-24)29-25-21/h1-5,10-12H,6-9,13-14,24H2. The Bertz CT molecular complexity index is 1020. The quantitative estimate of drug-likeness (QED) is 0.694. The van der Waals surface area contributed by atoms with E-state index in [0.29, 0.717) is 44.1 Å². The minimum absolute atomic E-state index is 0.144. The third-order valence-corrected chi connectivity index (χ3v) is 4.94. The minimum atomic E-state index is -0.274. The lowest BCUT2D eigenvalue weighted by Gasteiger charge is -2.28. The fourth-order valence-corrected chi connectivity index (χ4v) is 3.42.